The molecule has 0 radical (unpaired) electrons. The number of amides is 1. The van der Waals surface area contributed by atoms with E-state index in [1.165, 1.54) is 4.80 Å². The molecule has 0 spiro atoms. The van der Waals surface area contributed by atoms with Crippen molar-refractivity contribution in [3.05, 3.63) is 30.3 Å². The van der Waals surface area contributed by atoms with Crippen molar-refractivity contribution in [1.29, 1.82) is 0 Å². The van der Waals surface area contributed by atoms with Crippen molar-refractivity contribution < 1.29 is 32.3 Å². The van der Waals surface area contributed by atoms with E-state index in [0.29, 0.717) is 25.2 Å². The number of rotatable bonds is 11. The number of aliphatic hydroxyl groups excluding tert-OH is 2. The zero-order valence-electron chi connectivity index (χ0n) is 19.6. The van der Waals surface area contributed by atoms with Gasteiger partial charge in [0, 0.05) is 11.5 Å². The monoisotopic (exact) mass is 512 g/mol. The van der Waals surface area contributed by atoms with Gasteiger partial charge in [0.2, 0.25) is 5.82 Å². The fourth-order valence-electron chi connectivity index (χ4n) is 3.56. The zero-order chi connectivity index (χ0) is 25.6. The lowest BCUT2D eigenvalue weighted by Crippen LogP contribution is -2.53. The highest BCUT2D eigenvalue weighted by Crippen LogP contribution is 2.24. The van der Waals surface area contributed by atoms with Crippen LogP contribution in [-0.2, 0) is 30.6 Å². The standard InChI is InChI=1S/C21H32N6O7S/c1-3-13(2)17(22)21(30)25-35(31,32)34-12-16-19(29)18(28)15(11-33-16)9-10-27-24-20(23-26-27)14-7-5-4-6-8-14/h4-8,13,15-19,28-29H,3,9-12,22H2,1-2H3,(H,25,30)/t13?,15-,16-,17+,18+,19-/m1/s1. The van der Waals surface area contributed by atoms with Crippen LogP contribution in [0.5, 0.6) is 0 Å². The van der Waals surface area contributed by atoms with E-state index in [9.17, 15) is 23.4 Å². The van der Waals surface area contributed by atoms with Gasteiger partial charge in [0.1, 0.15) is 12.2 Å². The lowest BCUT2D eigenvalue weighted by molar-refractivity contribution is -0.173. The Morgan fingerprint density at radius 3 is 2.71 bits per heavy atom. The molecule has 3 rings (SSSR count). The molecule has 1 unspecified atom stereocenters. The van der Waals surface area contributed by atoms with E-state index in [-0.39, 0.29) is 12.5 Å². The lowest BCUT2D eigenvalue weighted by Gasteiger charge is -2.37. The maximum atomic E-state index is 12.1. The molecule has 6 atom stereocenters. The Hall–Kier alpha value is -2.49. The summed E-state index contributed by atoms with van der Waals surface area (Å²) in [5, 5.41) is 33.3. The summed E-state index contributed by atoms with van der Waals surface area (Å²) in [5.41, 5.74) is 6.56. The maximum Gasteiger partial charge on any atom is 0.362 e. The van der Waals surface area contributed by atoms with Gasteiger partial charge in [0.05, 0.1) is 31.9 Å². The molecule has 194 valence electrons. The predicted molar refractivity (Wildman–Crippen MR) is 124 cm³/mol. The summed E-state index contributed by atoms with van der Waals surface area (Å²) in [6, 6.07) is 8.34. The van der Waals surface area contributed by atoms with Gasteiger partial charge in [-0.25, -0.2) is 4.72 Å². The number of hydrogen-bond acceptors (Lipinski definition) is 11. The van der Waals surface area contributed by atoms with Gasteiger partial charge in [-0.1, -0.05) is 50.6 Å². The molecule has 1 fully saturated rings. The van der Waals surface area contributed by atoms with Crippen LogP contribution in [0.4, 0.5) is 0 Å². The predicted octanol–water partition coefficient (Wildman–Crippen LogP) is -0.782. The third-order valence-electron chi connectivity index (χ3n) is 6.10. The van der Waals surface area contributed by atoms with E-state index in [1.54, 1.807) is 11.6 Å². The number of aliphatic hydroxyl groups is 2. The van der Waals surface area contributed by atoms with Crippen LogP contribution in [0.2, 0.25) is 0 Å². The number of aromatic nitrogens is 4. The van der Waals surface area contributed by atoms with Crippen molar-refractivity contribution in [2.75, 3.05) is 13.2 Å². The molecular weight excluding hydrogens is 480 g/mol. The van der Waals surface area contributed by atoms with Gasteiger partial charge in [-0.15, -0.1) is 10.2 Å². The number of nitrogens with one attached hydrogen (secondary N) is 1. The summed E-state index contributed by atoms with van der Waals surface area (Å²) in [7, 11) is -4.47. The molecule has 13 nitrogen and oxygen atoms in total. The minimum Gasteiger partial charge on any atom is -0.390 e. The Morgan fingerprint density at radius 1 is 1.31 bits per heavy atom. The third kappa shape index (κ3) is 7.25. The fraction of sp³-hybridized carbons (Fsp3) is 0.619. The van der Waals surface area contributed by atoms with Gasteiger partial charge in [0.25, 0.3) is 5.91 Å². The van der Waals surface area contributed by atoms with Gasteiger partial charge < -0.3 is 20.7 Å². The van der Waals surface area contributed by atoms with Crippen molar-refractivity contribution in [3.8, 4) is 11.4 Å². The van der Waals surface area contributed by atoms with Gasteiger partial charge >= 0.3 is 10.3 Å². The Bertz CT molecular complexity index is 1070. The smallest absolute Gasteiger partial charge is 0.362 e. The topological polar surface area (TPSA) is 192 Å². The van der Waals surface area contributed by atoms with Gasteiger partial charge in [-0.3, -0.25) is 8.98 Å². The minimum absolute atomic E-state index is 0.0534. The Kier molecular flexibility index (Phi) is 9.27. The Labute approximate surface area is 203 Å². The highest BCUT2D eigenvalue weighted by molar-refractivity contribution is 7.85. The molecule has 14 heteroatoms. The van der Waals surface area contributed by atoms with E-state index in [0.717, 1.165) is 5.56 Å². The molecule has 0 aliphatic carbocycles. The average Bonchev–Trinajstić information content (AvgIpc) is 3.32. The number of hydrogen-bond donors (Lipinski definition) is 4. The molecule has 1 amide bonds. The summed E-state index contributed by atoms with van der Waals surface area (Å²) in [6.07, 6.45) is -2.71. The SMILES string of the molecule is CCC(C)[C@H](N)C(=O)NS(=O)(=O)OC[C@H]1OC[C@@H](CCn2nnc(-c3ccccc3)n2)[C@H](O)[C@@H]1O. The van der Waals surface area contributed by atoms with Gasteiger partial charge in [-0.05, 0) is 17.6 Å². The number of tetrazole rings is 1. The summed E-state index contributed by atoms with van der Waals surface area (Å²) < 4.78 is 36.3. The zero-order valence-corrected chi connectivity index (χ0v) is 20.4. The second-order valence-electron chi connectivity index (χ2n) is 8.59. The number of nitrogens with zero attached hydrogens (tertiary/aromatic N) is 4. The van der Waals surface area contributed by atoms with Gasteiger partial charge in [0.15, 0.2) is 0 Å². The number of ether oxygens (including phenoxy) is 1. The lowest BCUT2D eigenvalue weighted by atomic mass is 9.90. The van der Waals surface area contributed by atoms with Crippen LogP contribution in [0.25, 0.3) is 11.4 Å². The number of carbonyl (C=O) groups excluding carboxylic acids is 1. The van der Waals surface area contributed by atoms with Crippen molar-refractivity contribution in [3.63, 3.8) is 0 Å². The van der Waals surface area contributed by atoms with Crippen molar-refractivity contribution in [1.82, 2.24) is 24.9 Å². The van der Waals surface area contributed by atoms with E-state index < -0.39 is 53.1 Å². The summed E-state index contributed by atoms with van der Waals surface area (Å²) in [4.78, 5) is 13.4. The molecule has 2 heterocycles. The van der Waals surface area contributed by atoms with Crippen molar-refractivity contribution >= 4 is 16.2 Å². The number of benzene rings is 1. The first kappa shape index (κ1) is 27.1. The Morgan fingerprint density at radius 2 is 2.03 bits per heavy atom. The molecule has 2 aromatic rings. The minimum atomic E-state index is -4.47. The molecule has 1 saturated heterocycles. The highest BCUT2D eigenvalue weighted by Gasteiger charge is 2.39. The third-order valence-corrected chi connectivity index (χ3v) is 6.99. The second-order valence-corrected chi connectivity index (χ2v) is 9.94. The second kappa shape index (κ2) is 12.0. The molecule has 1 aliphatic heterocycles. The largest absolute Gasteiger partial charge is 0.390 e. The quantitative estimate of drug-likeness (QED) is 0.295. The highest BCUT2D eigenvalue weighted by atomic mass is 32.2. The molecule has 1 aliphatic rings. The first-order chi connectivity index (χ1) is 16.6. The molecule has 1 aromatic carbocycles. The molecule has 5 N–H and O–H groups in total. The van der Waals surface area contributed by atoms with Crippen LogP contribution in [-0.4, -0.2) is 82.3 Å². The molecule has 35 heavy (non-hydrogen) atoms. The number of aryl methyl sites for hydroxylation is 1. The van der Waals surface area contributed by atoms with Crippen LogP contribution >= 0.6 is 0 Å². The number of nitrogens with two attached hydrogens (primary N) is 1. The fourth-order valence-corrected chi connectivity index (χ4v) is 4.31. The first-order valence-corrected chi connectivity index (χ1v) is 12.8. The van der Waals surface area contributed by atoms with Crippen LogP contribution < -0.4 is 10.5 Å². The van der Waals surface area contributed by atoms with Gasteiger partial charge in [-0.2, -0.15) is 13.2 Å². The number of carbonyl (C=O) groups is 1. The van der Waals surface area contributed by atoms with E-state index >= 15 is 0 Å². The van der Waals surface area contributed by atoms with E-state index in [4.69, 9.17) is 14.7 Å². The first-order valence-electron chi connectivity index (χ1n) is 11.4. The van der Waals surface area contributed by atoms with Crippen molar-refractivity contribution in [2.24, 2.45) is 17.6 Å². The van der Waals surface area contributed by atoms with Crippen LogP contribution in [0, 0.1) is 11.8 Å². The van der Waals surface area contributed by atoms with E-state index in [2.05, 4.69) is 15.4 Å². The van der Waals surface area contributed by atoms with Crippen molar-refractivity contribution in [2.45, 2.75) is 57.6 Å². The molecular formula is C21H32N6O7S. The summed E-state index contributed by atoms with van der Waals surface area (Å²) in [6.45, 7) is 3.35. The molecule has 0 saturated carbocycles. The van der Waals surface area contributed by atoms with Crippen LogP contribution in [0.15, 0.2) is 30.3 Å². The molecule has 1 aromatic heterocycles. The normalized spacial score (nSPS) is 24.6. The van der Waals surface area contributed by atoms with E-state index in [1.807, 2.05) is 37.3 Å². The average molecular weight is 513 g/mol. The molecule has 0 bridgehead atoms. The Balaban J connectivity index is 1.47. The maximum absolute atomic E-state index is 12.1. The van der Waals surface area contributed by atoms with Crippen LogP contribution in [0.3, 0.4) is 0 Å². The summed E-state index contributed by atoms with van der Waals surface area (Å²) >= 11 is 0. The van der Waals surface area contributed by atoms with Crippen LogP contribution in [0.1, 0.15) is 26.7 Å². The summed E-state index contributed by atoms with van der Waals surface area (Å²) in [5.74, 6) is -1.08.